The van der Waals surface area contributed by atoms with Crippen LogP contribution in [0.4, 0.5) is 0 Å². The van der Waals surface area contributed by atoms with E-state index >= 15 is 0 Å². The quantitative estimate of drug-likeness (QED) is 0.572. The Kier molecular flexibility index (Phi) is 5.29. The van der Waals surface area contributed by atoms with E-state index in [9.17, 15) is 0 Å². The largest absolute Gasteiger partial charge is 0.370 e. The molecule has 3 heteroatoms. The third kappa shape index (κ3) is 4.97. The van der Waals surface area contributed by atoms with E-state index in [-0.39, 0.29) is 0 Å². The molecule has 1 fully saturated rings. The summed E-state index contributed by atoms with van der Waals surface area (Å²) >= 11 is 0. The van der Waals surface area contributed by atoms with Gasteiger partial charge < -0.3 is 11.1 Å². The number of nitrogens with one attached hydrogen (secondary N) is 1. The third-order valence-corrected chi connectivity index (χ3v) is 3.81. The number of hydrogen-bond donors (Lipinski definition) is 2. The fraction of sp³-hybridized carbons (Fsp3) is 0.929. The molecule has 1 rings (SSSR count). The van der Waals surface area contributed by atoms with Gasteiger partial charge in [0.25, 0.3) is 0 Å². The average Bonchev–Trinajstić information content (AvgIpc) is 2.77. The molecule has 0 aromatic heterocycles. The van der Waals surface area contributed by atoms with E-state index in [0.717, 1.165) is 19.0 Å². The van der Waals surface area contributed by atoms with Gasteiger partial charge in [0.2, 0.25) is 0 Å². The molecule has 0 aromatic rings. The summed E-state index contributed by atoms with van der Waals surface area (Å²) in [4.78, 5) is 4.50. The van der Waals surface area contributed by atoms with Crippen LogP contribution in [0.2, 0.25) is 0 Å². The van der Waals surface area contributed by atoms with Gasteiger partial charge in [0.1, 0.15) is 0 Å². The number of nitrogens with zero attached hydrogens (tertiary/aromatic N) is 1. The zero-order chi connectivity index (χ0) is 12.9. The Morgan fingerprint density at radius 1 is 1.35 bits per heavy atom. The Labute approximate surface area is 106 Å². The summed E-state index contributed by atoms with van der Waals surface area (Å²) in [7, 11) is 0. The minimum Gasteiger partial charge on any atom is -0.370 e. The molecular formula is C14H29N3. The smallest absolute Gasteiger partial charge is 0.188 e. The second-order valence-electron chi connectivity index (χ2n) is 6.45. The van der Waals surface area contributed by atoms with E-state index in [1.54, 1.807) is 0 Å². The highest BCUT2D eigenvalue weighted by Crippen LogP contribution is 2.39. The summed E-state index contributed by atoms with van der Waals surface area (Å²) in [5.41, 5.74) is 6.16. The molecule has 1 saturated carbocycles. The Morgan fingerprint density at radius 2 is 1.94 bits per heavy atom. The van der Waals surface area contributed by atoms with Crippen molar-refractivity contribution in [3.63, 3.8) is 0 Å². The van der Waals surface area contributed by atoms with Crippen LogP contribution in [0.1, 0.15) is 53.4 Å². The molecule has 0 atom stereocenters. The molecule has 0 aromatic carbocycles. The van der Waals surface area contributed by atoms with Crippen molar-refractivity contribution in [1.29, 1.82) is 0 Å². The van der Waals surface area contributed by atoms with Gasteiger partial charge >= 0.3 is 0 Å². The highest BCUT2D eigenvalue weighted by Gasteiger charge is 2.31. The molecule has 3 nitrogen and oxygen atoms in total. The predicted molar refractivity (Wildman–Crippen MR) is 75.1 cm³/mol. The highest BCUT2D eigenvalue weighted by molar-refractivity contribution is 5.77. The number of hydrogen-bond acceptors (Lipinski definition) is 1. The van der Waals surface area contributed by atoms with Gasteiger partial charge in [0, 0.05) is 13.1 Å². The van der Waals surface area contributed by atoms with Crippen LogP contribution in [0.5, 0.6) is 0 Å². The summed E-state index contributed by atoms with van der Waals surface area (Å²) < 4.78 is 0. The van der Waals surface area contributed by atoms with Gasteiger partial charge in [-0.25, -0.2) is 0 Å². The summed E-state index contributed by atoms with van der Waals surface area (Å²) in [6.45, 7) is 10.7. The normalized spacial score (nSPS) is 19.0. The van der Waals surface area contributed by atoms with E-state index in [2.05, 4.69) is 38.0 Å². The number of aliphatic imine (C=N–C) groups is 1. The van der Waals surface area contributed by atoms with Crippen molar-refractivity contribution in [2.45, 2.75) is 53.4 Å². The average molecular weight is 239 g/mol. The molecule has 3 N–H and O–H groups in total. The Balaban J connectivity index is 2.38. The van der Waals surface area contributed by atoms with E-state index in [1.165, 1.54) is 25.7 Å². The van der Waals surface area contributed by atoms with E-state index in [0.29, 0.717) is 17.3 Å². The molecule has 0 heterocycles. The Hall–Kier alpha value is -0.730. The van der Waals surface area contributed by atoms with Crippen molar-refractivity contribution < 1.29 is 0 Å². The topological polar surface area (TPSA) is 50.4 Å². The summed E-state index contributed by atoms with van der Waals surface area (Å²) in [5, 5.41) is 3.17. The fourth-order valence-electron chi connectivity index (χ4n) is 2.49. The second-order valence-corrected chi connectivity index (χ2v) is 6.45. The molecule has 0 aliphatic heterocycles. The maximum absolute atomic E-state index is 5.87. The van der Waals surface area contributed by atoms with Gasteiger partial charge in [0.05, 0.1) is 0 Å². The Bertz CT molecular complexity index is 250. The zero-order valence-corrected chi connectivity index (χ0v) is 11.9. The first kappa shape index (κ1) is 14.3. The van der Waals surface area contributed by atoms with Crippen LogP contribution in [0.3, 0.4) is 0 Å². The zero-order valence-electron chi connectivity index (χ0n) is 11.9. The molecular weight excluding hydrogens is 210 g/mol. The van der Waals surface area contributed by atoms with Crippen LogP contribution in [0.25, 0.3) is 0 Å². The molecule has 0 amide bonds. The van der Waals surface area contributed by atoms with Gasteiger partial charge in [0.15, 0.2) is 5.96 Å². The van der Waals surface area contributed by atoms with Crippen molar-refractivity contribution in [3.05, 3.63) is 0 Å². The van der Waals surface area contributed by atoms with Gasteiger partial charge in [-0.15, -0.1) is 0 Å². The second kappa shape index (κ2) is 6.27. The minimum absolute atomic E-state index is 0.292. The summed E-state index contributed by atoms with van der Waals surface area (Å²) in [6, 6.07) is 0. The first-order valence-electron chi connectivity index (χ1n) is 6.95. The number of guanidine groups is 1. The Morgan fingerprint density at radius 3 is 2.47 bits per heavy atom. The predicted octanol–water partition coefficient (Wildman–Crippen LogP) is 2.76. The van der Waals surface area contributed by atoms with E-state index in [1.807, 2.05) is 0 Å². The first-order valence-corrected chi connectivity index (χ1v) is 6.95. The summed E-state index contributed by atoms with van der Waals surface area (Å²) in [6.07, 6.45) is 5.50. The van der Waals surface area contributed by atoms with Crippen molar-refractivity contribution in [2.75, 3.05) is 13.1 Å². The molecule has 0 bridgehead atoms. The molecule has 0 unspecified atom stereocenters. The molecule has 0 saturated heterocycles. The van der Waals surface area contributed by atoms with Crippen LogP contribution >= 0.6 is 0 Å². The summed E-state index contributed by atoms with van der Waals surface area (Å²) in [5.74, 6) is 2.03. The SMILES string of the molecule is CC(C)CNC(N)=NCC(C)(C)C1CCCC1. The third-order valence-electron chi connectivity index (χ3n) is 3.81. The van der Waals surface area contributed by atoms with Crippen LogP contribution in [-0.2, 0) is 0 Å². The molecule has 1 aliphatic rings. The minimum atomic E-state index is 0.292. The van der Waals surface area contributed by atoms with Crippen LogP contribution in [-0.4, -0.2) is 19.0 Å². The molecule has 0 radical (unpaired) electrons. The van der Waals surface area contributed by atoms with Crippen molar-refractivity contribution in [3.8, 4) is 0 Å². The van der Waals surface area contributed by atoms with Crippen molar-refractivity contribution in [2.24, 2.45) is 28.0 Å². The molecule has 17 heavy (non-hydrogen) atoms. The van der Waals surface area contributed by atoms with Gasteiger partial charge in [-0.3, -0.25) is 4.99 Å². The van der Waals surface area contributed by atoms with Gasteiger partial charge in [-0.05, 0) is 30.1 Å². The monoisotopic (exact) mass is 239 g/mol. The van der Waals surface area contributed by atoms with Gasteiger partial charge in [-0.2, -0.15) is 0 Å². The van der Waals surface area contributed by atoms with Crippen LogP contribution < -0.4 is 11.1 Å². The lowest BCUT2D eigenvalue weighted by molar-refractivity contribution is 0.227. The van der Waals surface area contributed by atoms with Crippen LogP contribution in [0, 0.1) is 17.3 Å². The fourth-order valence-corrected chi connectivity index (χ4v) is 2.49. The molecule has 100 valence electrons. The van der Waals surface area contributed by atoms with Crippen LogP contribution in [0.15, 0.2) is 4.99 Å². The lowest BCUT2D eigenvalue weighted by Gasteiger charge is -2.30. The molecule has 0 spiro atoms. The molecule has 1 aliphatic carbocycles. The first-order chi connectivity index (χ1) is 7.92. The number of rotatable bonds is 5. The standard InChI is InChI=1S/C14H29N3/c1-11(2)9-16-13(15)17-10-14(3,4)12-7-5-6-8-12/h11-12H,5-10H2,1-4H3,(H3,15,16,17). The maximum Gasteiger partial charge on any atom is 0.188 e. The number of nitrogens with two attached hydrogens (primary N) is 1. The van der Waals surface area contributed by atoms with Gasteiger partial charge in [-0.1, -0.05) is 40.5 Å². The van der Waals surface area contributed by atoms with E-state index in [4.69, 9.17) is 5.73 Å². The van der Waals surface area contributed by atoms with Crippen molar-refractivity contribution in [1.82, 2.24) is 5.32 Å². The lowest BCUT2D eigenvalue weighted by Crippen LogP contribution is -2.36. The van der Waals surface area contributed by atoms with Crippen molar-refractivity contribution >= 4 is 5.96 Å². The highest BCUT2D eigenvalue weighted by atomic mass is 15.1. The lowest BCUT2D eigenvalue weighted by atomic mass is 9.78. The maximum atomic E-state index is 5.87. The van der Waals surface area contributed by atoms with E-state index < -0.39 is 0 Å².